The zero-order chi connectivity index (χ0) is 35.6. The number of aliphatic hydroxyl groups excluding tert-OH is 2. The molecule has 6 N–H and O–H groups in total. The molecule has 0 spiro atoms. The summed E-state index contributed by atoms with van der Waals surface area (Å²) in [7, 11) is -4.39. The SMILES string of the molecule is CCCC/C=C\CCCCCC(O)CC(=O)NC(COP(=O)(O)OCCN)C(O)/C=C/CCCCCCCCCCCCCCCCC. The van der Waals surface area contributed by atoms with Crippen LogP contribution in [0.5, 0.6) is 0 Å². The third-order valence-corrected chi connectivity index (χ3v) is 9.56. The molecule has 0 fully saturated rings. The van der Waals surface area contributed by atoms with E-state index in [0.717, 1.165) is 51.4 Å². The quantitative estimate of drug-likeness (QED) is 0.0246. The summed E-state index contributed by atoms with van der Waals surface area (Å²) >= 11 is 0. The van der Waals surface area contributed by atoms with Crippen molar-refractivity contribution in [2.24, 2.45) is 5.73 Å². The summed E-state index contributed by atoms with van der Waals surface area (Å²) in [5.41, 5.74) is 5.34. The summed E-state index contributed by atoms with van der Waals surface area (Å²) in [5, 5.41) is 23.9. The van der Waals surface area contributed by atoms with Gasteiger partial charge in [-0.15, -0.1) is 0 Å². The maximum absolute atomic E-state index is 12.7. The van der Waals surface area contributed by atoms with Gasteiger partial charge in [-0.1, -0.05) is 154 Å². The number of allylic oxidation sites excluding steroid dienone is 3. The van der Waals surface area contributed by atoms with Gasteiger partial charge in [0.2, 0.25) is 5.91 Å². The largest absolute Gasteiger partial charge is 0.472 e. The van der Waals surface area contributed by atoms with Crippen molar-refractivity contribution in [1.29, 1.82) is 0 Å². The predicted molar refractivity (Wildman–Crippen MR) is 200 cm³/mol. The molecule has 284 valence electrons. The number of rotatable bonds is 36. The fourth-order valence-corrected chi connectivity index (χ4v) is 6.33. The number of unbranched alkanes of at least 4 members (excludes halogenated alkanes) is 20. The Kier molecular flexibility index (Phi) is 33.6. The summed E-state index contributed by atoms with van der Waals surface area (Å²) in [6.45, 7) is 3.90. The maximum atomic E-state index is 12.7. The molecular weight excluding hydrogens is 627 g/mol. The number of nitrogens with two attached hydrogens (primary N) is 1. The number of hydrogen-bond acceptors (Lipinski definition) is 7. The molecule has 9 nitrogen and oxygen atoms in total. The fraction of sp³-hybridized carbons (Fsp3) is 0.868. The molecule has 0 aliphatic heterocycles. The second kappa shape index (κ2) is 34.4. The first-order valence-corrected chi connectivity index (χ1v) is 21.0. The minimum absolute atomic E-state index is 0.0479. The molecule has 0 saturated carbocycles. The number of amides is 1. The van der Waals surface area contributed by atoms with Crippen LogP contribution in [0.15, 0.2) is 24.3 Å². The van der Waals surface area contributed by atoms with Crippen molar-refractivity contribution in [1.82, 2.24) is 5.32 Å². The zero-order valence-corrected chi connectivity index (χ0v) is 31.7. The minimum Gasteiger partial charge on any atom is -0.393 e. The molecule has 0 aromatic carbocycles. The Balaban J connectivity index is 4.40. The van der Waals surface area contributed by atoms with Crippen LogP contribution in [0.1, 0.15) is 174 Å². The first-order chi connectivity index (χ1) is 23.3. The second-order valence-corrected chi connectivity index (χ2v) is 14.8. The van der Waals surface area contributed by atoms with Crippen LogP contribution < -0.4 is 11.1 Å². The smallest absolute Gasteiger partial charge is 0.393 e. The average Bonchev–Trinajstić information content (AvgIpc) is 3.06. The predicted octanol–water partition coefficient (Wildman–Crippen LogP) is 9.19. The Bertz CT molecular complexity index is 827. The van der Waals surface area contributed by atoms with Crippen molar-refractivity contribution in [3.05, 3.63) is 24.3 Å². The number of phosphoric ester groups is 1. The highest BCUT2D eigenvalue weighted by atomic mass is 31.2. The Labute approximate surface area is 294 Å². The van der Waals surface area contributed by atoms with E-state index in [1.807, 2.05) is 6.08 Å². The van der Waals surface area contributed by atoms with Crippen LogP contribution in [0.4, 0.5) is 0 Å². The fourth-order valence-electron chi connectivity index (χ4n) is 5.57. The van der Waals surface area contributed by atoms with Crippen LogP contribution in [0, 0.1) is 0 Å². The molecular formula is C38H75N2O7P. The van der Waals surface area contributed by atoms with Gasteiger partial charge in [0.05, 0.1) is 37.9 Å². The molecule has 4 atom stereocenters. The van der Waals surface area contributed by atoms with Gasteiger partial charge >= 0.3 is 7.82 Å². The van der Waals surface area contributed by atoms with Crippen LogP contribution in [-0.2, 0) is 18.4 Å². The Morgan fingerprint density at radius 2 is 1.19 bits per heavy atom. The molecule has 48 heavy (non-hydrogen) atoms. The van der Waals surface area contributed by atoms with Crippen molar-refractivity contribution in [3.8, 4) is 0 Å². The Morgan fingerprint density at radius 1 is 0.708 bits per heavy atom. The lowest BCUT2D eigenvalue weighted by atomic mass is 10.0. The first-order valence-electron chi connectivity index (χ1n) is 19.5. The van der Waals surface area contributed by atoms with E-state index in [0.29, 0.717) is 6.42 Å². The maximum Gasteiger partial charge on any atom is 0.472 e. The van der Waals surface area contributed by atoms with Crippen molar-refractivity contribution in [2.75, 3.05) is 19.8 Å². The number of nitrogens with one attached hydrogen (secondary N) is 1. The monoisotopic (exact) mass is 703 g/mol. The second-order valence-electron chi connectivity index (χ2n) is 13.3. The van der Waals surface area contributed by atoms with E-state index < -0.39 is 38.6 Å². The first kappa shape index (κ1) is 46.9. The van der Waals surface area contributed by atoms with Crippen LogP contribution in [-0.4, -0.2) is 59.0 Å². The molecule has 1 amide bonds. The van der Waals surface area contributed by atoms with Gasteiger partial charge < -0.3 is 26.2 Å². The third-order valence-electron chi connectivity index (χ3n) is 8.58. The Morgan fingerprint density at radius 3 is 1.73 bits per heavy atom. The van der Waals surface area contributed by atoms with Crippen molar-refractivity contribution in [2.45, 2.75) is 193 Å². The van der Waals surface area contributed by atoms with Gasteiger partial charge in [-0.25, -0.2) is 4.57 Å². The molecule has 0 aliphatic carbocycles. The molecule has 0 aromatic rings. The standard InChI is InChI=1S/C38H75N2O7P/c1-3-5-7-9-11-13-14-15-16-17-18-19-20-22-24-26-28-30-37(42)36(34-47-48(44,45)46-32-31-39)40-38(43)33-35(41)29-27-25-23-21-12-10-8-6-4-2/h10,12,28,30,35-37,41-42H,3-9,11,13-27,29,31-34,39H2,1-2H3,(H,40,43)(H,44,45)/b12-10-,30-28+. The van der Waals surface area contributed by atoms with E-state index in [1.165, 1.54) is 96.3 Å². The van der Waals surface area contributed by atoms with E-state index in [2.05, 4.69) is 31.3 Å². The van der Waals surface area contributed by atoms with E-state index in [-0.39, 0.29) is 19.6 Å². The number of phosphoric acid groups is 1. The summed E-state index contributed by atoms with van der Waals surface area (Å²) in [6.07, 6.45) is 34.1. The topological polar surface area (TPSA) is 151 Å². The van der Waals surface area contributed by atoms with Crippen LogP contribution in [0.25, 0.3) is 0 Å². The number of aliphatic hydroxyl groups is 2. The molecule has 0 bridgehead atoms. The molecule has 0 aliphatic rings. The number of hydrogen-bond donors (Lipinski definition) is 5. The zero-order valence-electron chi connectivity index (χ0n) is 30.8. The lowest BCUT2D eigenvalue weighted by molar-refractivity contribution is -0.124. The van der Waals surface area contributed by atoms with Gasteiger partial charge in [0.1, 0.15) is 0 Å². The van der Waals surface area contributed by atoms with Crippen molar-refractivity contribution in [3.63, 3.8) is 0 Å². The van der Waals surface area contributed by atoms with E-state index >= 15 is 0 Å². The van der Waals surface area contributed by atoms with Gasteiger partial charge in [0.15, 0.2) is 0 Å². The highest BCUT2D eigenvalue weighted by Gasteiger charge is 2.27. The number of carbonyl (C=O) groups excluding carboxylic acids is 1. The molecule has 4 unspecified atom stereocenters. The van der Waals surface area contributed by atoms with Gasteiger partial charge in [-0.05, 0) is 38.5 Å². The molecule has 10 heteroatoms. The molecule has 0 rings (SSSR count). The highest BCUT2D eigenvalue weighted by Crippen LogP contribution is 2.43. The van der Waals surface area contributed by atoms with E-state index in [9.17, 15) is 24.5 Å². The lowest BCUT2D eigenvalue weighted by Crippen LogP contribution is -2.46. The van der Waals surface area contributed by atoms with E-state index in [4.69, 9.17) is 14.8 Å². The summed E-state index contributed by atoms with van der Waals surface area (Å²) in [4.78, 5) is 22.6. The van der Waals surface area contributed by atoms with Crippen LogP contribution >= 0.6 is 7.82 Å². The lowest BCUT2D eigenvalue weighted by Gasteiger charge is -2.24. The van der Waals surface area contributed by atoms with Gasteiger partial charge in [-0.3, -0.25) is 13.8 Å². The average molecular weight is 703 g/mol. The summed E-state index contributed by atoms with van der Waals surface area (Å²) in [5.74, 6) is -0.458. The minimum atomic E-state index is -4.39. The summed E-state index contributed by atoms with van der Waals surface area (Å²) in [6, 6.07) is -0.983. The van der Waals surface area contributed by atoms with Crippen LogP contribution in [0.3, 0.4) is 0 Å². The number of carbonyl (C=O) groups is 1. The highest BCUT2D eigenvalue weighted by molar-refractivity contribution is 7.47. The molecule has 0 radical (unpaired) electrons. The molecule has 0 heterocycles. The van der Waals surface area contributed by atoms with E-state index in [1.54, 1.807) is 6.08 Å². The summed E-state index contributed by atoms with van der Waals surface area (Å²) < 4.78 is 22.0. The normalized spacial score (nSPS) is 15.2. The van der Waals surface area contributed by atoms with Crippen LogP contribution in [0.2, 0.25) is 0 Å². The van der Waals surface area contributed by atoms with Crippen molar-refractivity contribution >= 4 is 13.7 Å². The Hall–Kier alpha value is -1.06. The van der Waals surface area contributed by atoms with Gasteiger partial charge in [-0.2, -0.15) is 0 Å². The van der Waals surface area contributed by atoms with Crippen molar-refractivity contribution < 1.29 is 33.5 Å². The van der Waals surface area contributed by atoms with Gasteiger partial charge in [0.25, 0.3) is 0 Å². The molecule has 0 aromatic heterocycles. The third kappa shape index (κ3) is 32.2. The van der Waals surface area contributed by atoms with Gasteiger partial charge in [0, 0.05) is 6.54 Å². The molecule has 0 saturated heterocycles.